The summed E-state index contributed by atoms with van der Waals surface area (Å²) in [5.41, 5.74) is 0.0559. The number of nitrogens with zero attached hydrogens (tertiary/aromatic N) is 4. The number of para-hydroxylation sites is 1. The Morgan fingerprint density at radius 1 is 0.967 bits per heavy atom. The highest BCUT2D eigenvalue weighted by atomic mass is 19.4. The SMILES string of the molecule is CNC(=O)c1ccccc1Nc1cc(Nc2cc(F)c(CCN3CCN(c4ccc5c(c4)C(=O)N(C4CCC(=O)NC4=O)C5=O)C[C@H]3CO)cc2OC)ncc1C(F)(F)F. The van der Waals surface area contributed by atoms with Gasteiger partial charge in [-0.2, -0.15) is 13.2 Å². The Labute approximate surface area is 340 Å². The standard InChI is InChI=1S/C41H40F4N8O7/c1-46-37(56)26-5-3-4-6-30(26)48-31-18-35(47-19-28(31)41(43,44)45)49-32-17-29(42)22(15-34(32)60-2)11-12-51-13-14-52(20-24(51)21-54)23-7-8-25-27(16-23)40(59)53(39(25)58)33-9-10-36(55)50-38(33)57/h3-8,15-19,24,33,54H,9-14,20-21H2,1-2H3,(H,46,56)(H2,47,48,49)(H,50,55,57)/t24-,33?/m0/s1. The van der Waals surface area contributed by atoms with Crippen molar-refractivity contribution in [2.45, 2.75) is 37.5 Å². The quantitative estimate of drug-likeness (QED) is 0.101. The van der Waals surface area contributed by atoms with Crippen LogP contribution in [0.4, 0.5) is 46.1 Å². The van der Waals surface area contributed by atoms with Gasteiger partial charge >= 0.3 is 6.18 Å². The van der Waals surface area contributed by atoms with Crippen molar-refractivity contribution < 1.29 is 51.4 Å². The smallest absolute Gasteiger partial charge is 0.419 e. The molecular formula is C41H40F4N8O7. The van der Waals surface area contributed by atoms with Crippen molar-refractivity contribution in [3.05, 3.63) is 100 Å². The predicted molar refractivity (Wildman–Crippen MR) is 210 cm³/mol. The van der Waals surface area contributed by atoms with Gasteiger partial charge in [0.25, 0.3) is 17.7 Å². The highest BCUT2D eigenvalue weighted by Crippen LogP contribution is 2.39. The van der Waals surface area contributed by atoms with Crippen LogP contribution in [-0.4, -0.2) is 108 Å². The summed E-state index contributed by atoms with van der Waals surface area (Å²) < 4.78 is 63.4. The Kier molecular flexibility index (Phi) is 11.7. The van der Waals surface area contributed by atoms with E-state index in [2.05, 4.69) is 26.3 Å². The summed E-state index contributed by atoms with van der Waals surface area (Å²) in [6, 6.07) is 13.1. The van der Waals surface area contributed by atoms with Gasteiger partial charge < -0.3 is 30.7 Å². The summed E-state index contributed by atoms with van der Waals surface area (Å²) in [5.74, 6) is -3.40. The predicted octanol–water partition coefficient (Wildman–Crippen LogP) is 4.22. The Hall–Kier alpha value is -6.60. The Balaban J connectivity index is 1.02. The molecule has 1 aromatic heterocycles. The summed E-state index contributed by atoms with van der Waals surface area (Å²) in [6.45, 7) is 1.39. The molecule has 7 rings (SSSR count). The molecule has 2 atom stereocenters. The number of piperidine rings is 1. The first-order valence-electron chi connectivity index (χ1n) is 18.9. The minimum absolute atomic E-state index is 0.00749. The first-order chi connectivity index (χ1) is 28.7. The summed E-state index contributed by atoms with van der Waals surface area (Å²) in [5, 5.41) is 20.5. The lowest BCUT2D eigenvalue weighted by atomic mass is 10.0. The highest BCUT2D eigenvalue weighted by molar-refractivity contribution is 6.23. The van der Waals surface area contributed by atoms with Gasteiger partial charge in [-0.1, -0.05) is 12.1 Å². The number of piperazine rings is 1. The van der Waals surface area contributed by atoms with E-state index in [4.69, 9.17) is 4.74 Å². The number of halogens is 4. The molecule has 0 spiro atoms. The van der Waals surface area contributed by atoms with E-state index in [-0.39, 0.29) is 77.1 Å². The van der Waals surface area contributed by atoms with Crippen molar-refractivity contribution in [2.75, 3.05) is 62.5 Å². The van der Waals surface area contributed by atoms with Crippen LogP contribution in [0, 0.1) is 5.82 Å². The monoisotopic (exact) mass is 832 g/mol. The molecule has 5 N–H and O–H groups in total. The van der Waals surface area contributed by atoms with Crippen molar-refractivity contribution in [1.82, 2.24) is 25.4 Å². The van der Waals surface area contributed by atoms with Gasteiger partial charge in [-0.25, -0.2) is 9.37 Å². The first kappa shape index (κ1) is 41.6. The lowest BCUT2D eigenvalue weighted by Crippen LogP contribution is -2.55. The van der Waals surface area contributed by atoms with Crippen LogP contribution in [0.2, 0.25) is 0 Å². The largest absolute Gasteiger partial charge is 0.495 e. The number of aromatic nitrogens is 1. The van der Waals surface area contributed by atoms with Crippen molar-refractivity contribution in [2.24, 2.45) is 0 Å². The van der Waals surface area contributed by atoms with Crippen LogP contribution in [-0.2, 0) is 22.2 Å². The molecule has 15 nitrogen and oxygen atoms in total. The second-order valence-electron chi connectivity index (χ2n) is 14.4. The van der Waals surface area contributed by atoms with Gasteiger partial charge in [0.2, 0.25) is 11.8 Å². The molecular weight excluding hydrogens is 792 g/mol. The Morgan fingerprint density at radius 2 is 1.73 bits per heavy atom. The minimum atomic E-state index is -4.80. The van der Waals surface area contributed by atoms with E-state index < -0.39 is 58.8 Å². The second kappa shape index (κ2) is 16.9. The number of hydrogen-bond acceptors (Lipinski definition) is 12. The Bertz CT molecular complexity index is 2380. The summed E-state index contributed by atoms with van der Waals surface area (Å²) in [7, 11) is 2.76. The second-order valence-corrected chi connectivity index (χ2v) is 14.4. The van der Waals surface area contributed by atoms with Crippen molar-refractivity contribution in [3.63, 3.8) is 0 Å². The summed E-state index contributed by atoms with van der Waals surface area (Å²) >= 11 is 0. The molecule has 60 heavy (non-hydrogen) atoms. The molecule has 5 amide bonds. The van der Waals surface area contributed by atoms with Gasteiger partial charge in [0.05, 0.1) is 59.1 Å². The van der Waals surface area contributed by atoms with Crippen molar-refractivity contribution in [1.29, 1.82) is 0 Å². The number of anilines is 5. The number of amides is 5. The van der Waals surface area contributed by atoms with Crippen LogP contribution < -0.4 is 30.9 Å². The lowest BCUT2D eigenvalue weighted by Gasteiger charge is -2.42. The molecule has 2 fully saturated rings. The molecule has 1 unspecified atom stereocenters. The number of methoxy groups -OCH3 is 1. The number of pyridine rings is 1. The number of rotatable bonds is 12. The van der Waals surface area contributed by atoms with E-state index in [9.17, 15) is 42.3 Å². The maximum atomic E-state index is 15.7. The summed E-state index contributed by atoms with van der Waals surface area (Å²) in [4.78, 5) is 71.8. The van der Waals surface area contributed by atoms with E-state index in [1.54, 1.807) is 24.3 Å². The number of benzene rings is 3. The average molecular weight is 833 g/mol. The number of ether oxygens (including phenoxy) is 1. The molecule has 0 aliphatic carbocycles. The van der Waals surface area contributed by atoms with Gasteiger partial charge in [0.1, 0.15) is 23.4 Å². The van der Waals surface area contributed by atoms with Crippen LogP contribution >= 0.6 is 0 Å². The van der Waals surface area contributed by atoms with E-state index in [1.807, 2.05) is 9.80 Å². The topological polar surface area (TPSA) is 186 Å². The molecule has 0 bridgehead atoms. The van der Waals surface area contributed by atoms with Crippen LogP contribution in [0.3, 0.4) is 0 Å². The van der Waals surface area contributed by atoms with Crippen molar-refractivity contribution in [3.8, 4) is 5.75 Å². The minimum Gasteiger partial charge on any atom is -0.495 e. The molecule has 2 saturated heterocycles. The van der Waals surface area contributed by atoms with Gasteiger partial charge in [-0.05, 0) is 54.8 Å². The maximum Gasteiger partial charge on any atom is 0.419 e. The number of hydrogen-bond donors (Lipinski definition) is 5. The van der Waals surface area contributed by atoms with Crippen LogP contribution in [0.1, 0.15) is 55.0 Å². The average Bonchev–Trinajstić information content (AvgIpc) is 3.47. The van der Waals surface area contributed by atoms with Crippen LogP contribution in [0.25, 0.3) is 0 Å². The van der Waals surface area contributed by atoms with Gasteiger partial charge in [-0.3, -0.25) is 39.1 Å². The number of carbonyl (C=O) groups excluding carboxylic acids is 5. The number of imide groups is 2. The molecule has 3 aliphatic rings. The number of nitrogens with one attached hydrogen (secondary N) is 4. The van der Waals surface area contributed by atoms with E-state index in [0.29, 0.717) is 38.1 Å². The molecule has 3 aromatic carbocycles. The zero-order chi connectivity index (χ0) is 42.9. The first-order valence-corrected chi connectivity index (χ1v) is 18.9. The zero-order valence-corrected chi connectivity index (χ0v) is 32.4. The van der Waals surface area contributed by atoms with Crippen LogP contribution in [0.15, 0.2) is 66.9 Å². The molecule has 19 heteroatoms. The third-order valence-electron chi connectivity index (χ3n) is 10.8. The highest BCUT2D eigenvalue weighted by Gasteiger charge is 2.45. The molecule has 4 heterocycles. The fraction of sp³-hybridized carbons (Fsp3) is 0.317. The normalized spacial score (nSPS) is 18.3. The maximum absolute atomic E-state index is 15.7. The number of alkyl halides is 3. The van der Waals surface area contributed by atoms with E-state index in [1.165, 1.54) is 38.4 Å². The number of aliphatic hydroxyl groups is 1. The van der Waals surface area contributed by atoms with Gasteiger partial charge in [0, 0.05) is 63.7 Å². The molecule has 0 radical (unpaired) electrons. The molecule has 314 valence electrons. The lowest BCUT2D eigenvalue weighted by molar-refractivity contribution is -0.137. The fourth-order valence-electron chi connectivity index (χ4n) is 7.63. The van der Waals surface area contributed by atoms with Crippen LogP contribution in [0.5, 0.6) is 5.75 Å². The zero-order valence-electron chi connectivity index (χ0n) is 32.4. The van der Waals surface area contributed by atoms with E-state index in [0.717, 1.165) is 17.0 Å². The molecule has 4 aromatic rings. The summed E-state index contributed by atoms with van der Waals surface area (Å²) in [6.07, 6.45) is -3.91. The van der Waals surface area contributed by atoms with Crippen molar-refractivity contribution >= 4 is 58.1 Å². The number of carbonyl (C=O) groups is 5. The molecule has 3 aliphatic heterocycles. The molecule has 0 saturated carbocycles. The third-order valence-corrected chi connectivity index (χ3v) is 10.8. The fourth-order valence-corrected chi connectivity index (χ4v) is 7.63. The Morgan fingerprint density at radius 3 is 2.45 bits per heavy atom. The third kappa shape index (κ3) is 8.30. The van der Waals surface area contributed by atoms with Gasteiger partial charge in [-0.15, -0.1) is 0 Å². The van der Waals surface area contributed by atoms with Gasteiger partial charge in [0.15, 0.2) is 0 Å². The number of aliphatic hydroxyl groups excluding tert-OH is 1. The van der Waals surface area contributed by atoms with E-state index >= 15 is 4.39 Å². The number of fused-ring (bicyclic) bond motifs is 1.